The van der Waals surface area contributed by atoms with Crippen molar-refractivity contribution < 1.29 is 4.74 Å². The zero-order chi connectivity index (χ0) is 15.1. The first kappa shape index (κ1) is 13.1. The Morgan fingerprint density at radius 1 is 1.14 bits per heavy atom. The van der Waals surface area contributed by atoms with E-state index in [-0.39, 0.29) is 11.6 Å². The van der Waals surface area contributed by atoms with E-state index >= 15 is 0 Å². The van der Waals surface area contributed by atoms with Gasteiger partial charge in [-0.3, -0.25) is 9.36 Å². The predicted octanol–water partition coefficient (Wildman–Crippen LogP) is 2.94. The molecule has 3 aromatic rings. The summed E-state index contributed by atoms with van der Waals surface area (Å²) in [6.45, 7) is 0. The lowest BCUT2D eigenvalue weighted by atomic mass is 10.1. The van der Waals surface area contributed by atoms with E-state index in [1.807, 2.05) is 41.0 Å². The van der Waals surface area contributed by atoms with Crippen LogP contribution in [0.1, 0.15) is 23.9 Å². The zero-order valence-corrected chi connectivity index (χ0v) is 12.3. The van der Waals surface area contributed by atoms with Gasteiger partial charge in [-0.2, -0.15) is 0 Å². The number of para-hydroxylation sites is 1. The minimum absolute atomic E-state index is 0.0188. The first-order valence-corrected chi connectivity index (χ1v) is 7.42. The molecule has 1 atom stereocenters. The van der Waals surface area contributed by atoms with Crippen LogP contribution in [0, 0.1) is 0 Å². The van der Waals surface area contributed by atoms with Crippen LogP contribution in [0.4, 0.5) is 0 Å². The Kier molecular flexibility index (Phi) is 2.96. The van der Waals surface area contributed by atoms with Gasteiger partial charge in [-0.05, 0) is 24.1 Å². The summed E-state index contributed by atoms with van der Waals surface area (Å²) in [5, 5.41) is 0.617. The van der Waals surface area contributed by atoms with Crippen LogP contribution >= 0.6 is 0 Å². The molecule has 1 aliphatic heterocycles. The van der Waals surface area contributed by atoms with Crippen molar-refractivity contribution in [2.24, 2.45) is 0 Å². The van der Waals surface area contributed by atoms with Gasteiger partial charge in [0, 0.05) is 6.42 Å². The van der Waals surface area contributed by atoms with Crippen LogP contribution < -0.4 is 10.3 Å². The zero-order valence-electron chi connectivity index (χ0n) is 12.3. The van der Waals surface area contributed by atoms with Crippen LogP contribution in [0.15, 0.2) is 53.3 Å². The van der Waals surface area contributed by atoms with Gasteiger partial charge in [0.15, 0.2) is 0 Å². The number of hydrogen-bond donors (Lipinski definition) is 0. The van der Waals surface area contributed by atoms with Crippen molar-refractivity contribution in [3.63, 3.8) is 0 Å². The number of methoxy groups -OCH3 is 1. The molecular formula is C18H16N2O2. The Labute approximate surface area is 128 Å². The third-order valence-corrected chi connectivity index (χ3v) is 4.32. The number of hydrogen-bond acceptors (Lipinski definition) is 3. The smallest absolute Gasteiger partial charge is 0.262 e. The number of nitrogens with zero attached hydrogens (tertiary/aromatic N) is 2. The van der Waals surface area contributed by atoms with E-state index in [0.717, 1.165) is 24.2 Å². The Morgan fingerprint density at radius 2 is 1.95 bits per heavy atom. The largest absolute Gasteiger partial charge is 0.494 e. The van der Waals surface area contributed by atoms with Crippen LogP contribution in [0.2, 0.25) is 0 Å². The number of ether oxygens (including phenoxy) is 1. The van der Waals surface area contributed by atoms with Gasteiger partial charge in [-0.15, -0.1) is 0 Å². The van der Waals surface area contributed by atoms with E-state index in [2.05, 4.69) is 12.1 Å². The molecule has 22 heavy (non-hydrogen) atoms. The maximum atomic E-state index is 12.9. The highest BCUT2D eigenvalue weighted by Crippen LogP contribution is 2.31. The molecule has 0 saturated carbocycles. The van der Waals surface area contributed by atoms with E-state index in [1.165, 1.54) is 0 Å². The third-order valence-electron chi connectivity index (χ3n) is 4.32. The van der Waals surface area contributed by atoms with Crippen LogP contribution in [-0.2, 0) is 6.42 Å². The average Bonchev–Trinajstić information content (AvgIpc) is 3.00. The summed E-state index contributed by atoms with van der Waals surface area (Å²) in [7, 11) is 1.61. The Balaban J connectivity index is 1.98. The Hall–Kier alpha value is -2.62. The van der Waals surface area contributed by atoms with Crippen molar-refractivity contribution >= 4 is 10.9 Å². The van der Waals surface area contributed by atoms with Crippen molar-refractivity contribution in [1.82, 2.24) is 9.55 Å². The predicted molar refractivity (Wildman–Crippen MR) is 85.5 cm³/mol. The first-order chi connectivity index (χ1) is 10.8. The Bertz CT molecular complexity index is 900. The molecule has 0 saturated heterocycles. The molecule has 2 aromatic carbocycles. The van der Waals surface area contributed by atoms with Gasteiger partial charge >= 0.3 is 0 Å². The van der Waals surface area contributed by atoms with Gasteiger partial charge in [0.2, 0.25) is 0 Å². The molecule has 0 fully saturated rings. The molecule has 4 rings (SSSR count). The lowest BCUT2D eigenvalue weighted by molar-refractivity contribution is 0.418. The highest BCUT2D eigenvalue weighted by atomic mass is 16.5. The maximum Gasteiger partial charge on any atom is 0.262 e. The number of aromatic nitrogens is 2. The highest BCUT2D eigenvalue weighted by molar-refractivity contribution is 5.83. The molecule has 0 spiro atoms. The molecule has 0 amide bonds. The second-order valence-electron chi connectivity index (χ2n) is 5.52. The molecule has 0 N–H and O–H groups in total. The molecule has 4 nitrogen and oxygen atoms in total. The fourth-order valence-corrected chi connectivity index (χ4v) is 3.29. The molecule has 4 heteroatoms. The minimum atomic E-state index is 0.0188. The second kappa shape index (κ2) is 4.98. The van der Waals surface area contributed by atoms with Crippen molar-refractivity contribution in [1.29, 1.82) is 0 Å². The quantitative estimate of drug-likeness (QED) is 0.729. The van der Waals surface area contributed by atoms with Crippen molar-refractivity contribution in [2.75, 3.05) is 7.11 Å². The van der Waals surface area contributed by atoms with Crippen molar-refractivity contribution in [3.8, 4) is 5.75 Å². The summed E-state index contributed by atoms with van der Waals surface area (Å²) in [4.78, 5) is 17.6. The molecule has 110 valence electrons. The standard InChI is InChI=1S/C18H16N2O2/c1-22-15-9-5-8-13-17(15)19-16-11-10-14(20(16)18(13)21)12-6-3-2-4-7-12/h2-9,14H,10-11H2,1H3. The molecule has 0 aliphatic carbocycles. The first-order valence-electron chi connectivity index (χ1n) is 7.42. The fourth-order valence-electron chi connectivity index (χ4n) is 3.29. The summed E-state index contributed by atoms with van der Waals surface area (Å²) in [6, 6.07) is 15.7. The van der Waals surface area contributed by atoms with Gasteiger partial charge in [-0.1, -0.05) is 36.4 Å². The molecule has 0 radical (unpaired) electrons. The van der Waals surface area contributed by atoms with Gasteiger partial charge in [0.25, 0.3) is 5.56 Å². The van der Waals surface area contributed by atoms with E-state index in [1.54, 1.807) is 7.11 Å². The summed E-state index contributed by atoms with van der Waals surface area (Å²) in [5.41, 5.74) is 1.84. The van der Waals surface area contributed by atoms with Crippen molar-refractivity contribution in [2.45, 2.75) is 18.9 Å². The monoisotopic (exact) mass is 292 g/mol. The summed E-state index contributed by atoms with van der Waals surface area (Å²) >= 11 is 0. The number of fused-ring (bicyclic) bond motifs is 2. The molecule has 2 heterocycles. The van der Waals surface area contributed by atoms with Crippen LogP contribution in [0.3, 0.4) is 0 Å². The van der Waals surface area contributed by atoms with Gasteiger partial charge in [0.05, 0.1) is 18.5 Å². The molecule has 1 aromatic heterocycles. The molecule has 1 aliphatic rings. The van der Waals surface area contributed by atoms with Crippen LogP contribution in [-0.4, -0.2) is 16.7 Å². The lowest BCUT2D eigenvalue weighted by Gasteiger charge is -2.15. The fraction of sp³-hybridized carbons (Fsp3) is 0.222. The lowest BCUT2D eigenvalue weighted by Crippen LogP contribution is -2.25. The highest BCUT2D eigenvalue weighted by Gasteiger charge is 2.27. The van der Waals surface area contributed by atoms with Crippen LogP contribution in [0.25, 0.3) is 10.9 Å². The van der Waals surface area contributed by atoms with E-state index in [0.29, 0.717) is 16.7 Å². The third kappa shape index (κ3) is 1.84. The van der Waals surface area contributed by atoms with E-state index in [9.17, 15) is 4.79 Å². The normalized spacial score (nSPS) is 16.7. The Morgan fingerprint density at radius 3 is 2.73 bits per heavy atom. The SMILES string of the molecule is COc1cccc2c(=O)n3c(nc12)CCC3c1ccccc1. The minimum Gasteiger partial charge on any atom is -0.494 e. The number of rotatable bonds is 2. The second-order valence-corrected chi connectivity index (χ2v) is 5.52. The topological polar surface area (TPSA) is 44.1 Å². The number of benzene rings is 2. The summed E-state index contributed by atoms with van der Waals surface area (Å²) in [6.07, 6.45) is 1.72. The average molecular weight is 292 g/mol. The maximum absolute atomic E-state index is 12.9. The molecule has 1 unspecified atom stereocenters. The van der Waals surface area contributed by atoms with E-state index < -0.39 is 0 Å². The summed E-state index contributed by atoms with van der Waals surface area (Å²) < 4.78 is 7.19. The van der Waals surface area contributed by atoms with Gasteiger partial charge in [-0.25, -0.2) is 4.98 Å². The van der Waals surface area contributed by atoms with Crippen molar-refractivity contribution in [3.05, 3.63) is 70.3 Å². The summed E-state index contributed by atoms with van der Waals surface area (Å²) in [5.74, 6) is 1.50. The van der Waals surface area contributed by atoms with Gasteiger partial charge < -0.3 is 4.74 Å². The van der Waals surface area contributed by atoms with Crippen LogP contribution in [0.5, 0.6) is 5.75 Å². The number of aryl methyl sites for hydroxylation is 1. The molecule has 0 bridgehead atoms. The van der Waals surface area contributed by atoms with Gasteiger partial charge in [0.1, 0.15) is 17.1 Å². The van der Waals surface area contributed by atoms with E-state index in [4.69, 9.17) is 9.72 Å². The molecular weight excluding hydrogens is 276 g/mol.